The number of rotatable bonds is 5. The predicted octanol–water partition coefficient (Wildman–Crippen LogP) is 2.79. The van der Waals surface area contributed by atoms with Gasteiger partial charge in [0.25, 0.3) is 0 Å². The molecule has 2 rings (SSSR count). The lowest BCUT2D eigenvalue weighted by Gasteiger charge is -2.15. The number of thiophene rings is 1. The van der Waals surface area contributed by atoms with E-state index in [1.165, 1.54) is 28.8 Å². The highest BCUT2D eigenvalue weighted by Crippen LogP contribution is 2.33. The number of sulfonamides is 1. The minimum Gasteiger partial charge on any atom is -0.477 e. The summed E-state index contributed by atoms with van der Waals surface area (Å²) in [4.78, 5) is 15.8. The van der Waals surface area contributed by atoms with E-state index in [4.69, 9.17) is 5.11 Å². The molecule has 0 atom stereocenters. The lowest BCUT2D eigenvalue weighted by molar-refractivity contribution is 0.0702. The number of aromatic nitrogens is 1. The summed E-state index contributed by atoms with van der Waals surface area (Å²) in [5.74, 6) is -1.15. The Labute approximate surface area is 138 Å². The van der Waals surface area contributed by atoms with Gasteiger partial charge in [-0.25, -0.2) is 18.2 Å². The first-order valence-corrected chi connectivity index (χ1v) is 9.48. The predicted molar refractivity (Wildman–Crippen MR) is 84.5 cm³/mol. The molecule has 0 bridgehead atoms. The van der Waals surface area contributed by atoms with Crippen LogP contribution >= 0.6 is 38.6 Å². The van der Waals surface area contributed by atoms with E-state index in [0.717, 1.165) is 21.2 Å². The van der Waals surface area contributed by atoms with Gasteiger partial charge in [-0.3, -0.25) is 0 Å². The van der Waals surface area contributed by atoms with Gasteiger partial charge in [0.05, 0.1) is 8.79 Å². The molecular formula is C11H11BrN2O4S3. The summed E-state index contributed by atoms with van der Waals surface area (Å²) < 4.78 is 26.5. The first-order valence-electron chi connectivity index (χ1n) is 5.62. The fraction of sp³-hybridized carbons (Fsp3) is 0.273. The zero-order chi connectivity index (χ0) is 15.8. The number of hydrogen-bond acceptors (Lipinski definition) is 6. The van der Waals surface area contributed by atoms with Gasteiger partial charge in [-0.1, -0.05) is 0 Å². The summed E-state index contributed by atoms with van der Waals surface area (Å²) in [6.07, 6.45) is 1.64. The highest BCUT2D eigenvalue weighted by atomic mass is 79.9. The van der Waals surface area contributed by atoms with Gasteiger partial charge >= 0.3 is 5.97 Å². The monoisotopic (exact) mass is 410 g/mol. The largest absolute Gasteiger partial charge is 0.477 e. The van der Waals surface area contributed by atoms with Gasteiger partial charge in [-0.05, 0) is 28.9 Å². The minimum absolute atomic E-state index is 0.0255. The average Bonchev–Trinajstić information content (AvgIpc) is 2.96. The summed E-state index contributed by atoms with van der Waals surface area (Å²) in [5, 5.41) is 9.80. The Hall–Kier alpha value is -0.810. The summed E-state index contributed by atoms with van der Waals surface area (Å²) in [6, 6.07) is 1.17. The Kier molecular flexibility index (Phi) is 4.83. The molecule has 114 valence electrons. The van der Waals surface area contributed by atoms with E-state index < -0.39 is 16.0 Å². The van der Waals surface area contributed by atoms with Gasteiger partial charge in [0.2, 0.25) is 10.0 Å². The van der Waals surface area contributed by atoms with Crippen molar-refractivity contribution >= 4 is 54.6 Å². The molecule has 0 amide bonds. The molecule has 21 heavy (non-hydrogen) atoms. The molecule has 0 saturated carbocycles. The standard InChI is InChI=1S/C11H11BrN2O4S3/c1-6-13-4-7(19-6)5-14(2)21(17,18)9-3-8(11(15)16)20-10(9)12/h3-4H,5H2,1-2H3,(H,15,16). The highest BCUT2D eigenvalue weighted by Gasteiger charge is 2.27. The van der Waals surface area contributed by atoms with Gasteiger partial charge in [0, 0.05) is 24.7 Å². The summed E-state index contributed by atoms with van der Waals surface area (Å²) >= 11 is 5.42. The first kappa shape index (κ1) is 16.6. The number of nitrogens with zero attached hydrogens (tertiary/aromatic N) is 2. The maximum atomic E-state index is 12.5. The minimum atomic E-state index is -3.76. The molecule has 0 unspecified atom stereocenters. The SMILES string of the molecule is Cc1ncc(CN(C)S(=O)(=O)c2cc(C(=O)O)sc2Br)s1. The Morgan fingerprint density at radius 3 is 2.62 bits per heavy atom. The fourth-order valence-corrected chi connectivity index (χ4v) is 6.01. The molecule has 0 aliphatic heterocycles. The molecule has 0 aromatic carbocycles. The molecule has 0 fully saturated rings. The van der Waals surface area contributed by atoms with Crippen molar-refractivity contribution in [2.45, 2.75) is 18.4 Å². The molecule has 6 nitrogen and oxygen atoms in total. The van der Waals surface area contributed by atoms with Crippen molar-refractivity contribution in [1.82, 2.24) is 9.29 Å². The summed E-state index contributed by atoms with van der Waals surface area (Å²) in [6.45, 7) is 2.04. The van der Waals surface area contributed by atoms with Gasteiger partial charge in [-0.15, -0.1) is 22.7 Å². The zero-order valence-electron chi connectivity index (χ0n) is 11.0. The summed E-state index contributed by atoms with van der Waals surface area (Å²) in [7, 11) is -2.31. The van der Waals surface area contributed by atoms with Crippen LogP contribution in [0.1, 0.15) is 19.6 Å². The number of thiazole rings is 1. The molecular weight excluding hydrogens is 400 g/mol. The van der Waals surface area contributed by atoms with Crippen LogP contribution in [0.2, 0.25) is 0 Å². The van der Waals surface area contributed by atoms with Gasteiger partial charge in [0.1, 0.15) is 9.77 Å². The molecule has 2 aromatic rings. The van der Waals surface area contributed by atoms with Crippen molar-refractivity contribution in [2.24, 2.45) is 0 Å². The Morgan fingerprint density at radius 1 is 1.48 bits per heavy atom. The van der Waals surface area contributed by atoms with Gasteiger partial charge in [-0.2, -0.15) is 4.31 Å². The Bertz CT molecular complexity index is 781. The maximum Gasteiger partial charge on any atom is 0.345 e. The Morgan fingerprint density at radius 2 is 2.14 bits per heavy atom. The second kappa shape index (κ2) is 6.13. The topological polar surface area (TPSA) is 87.6 Å². The molecule has 1 N–H and O–H groups in total. The molecule has 0 aliphatic rings. The van der Waals surface area contributed by atoms with Crippen molar-refractivity contribution in [2.75, 3.05) is 7.05 Å². The van der Waals surface area contributed by atoms with E-state index in [9.17, 15) is 13.2 Å². The van der Waals surface area contributed by atoms with Crippen molar-refractivity contribution in [3.8, 4) is 0 Å². The van der Waals surface area contributed by atoms with Crippen molar-refractivity contribution < 1.29 is 18.3 Å². The number of aromatic carboxylic acids is 1. The van der Waals surface area contributed by atoms with Crippen LogP contribution in [0.15, 0.2) is 20.9 Å². The lowest BCUT2D eigenvalue weighted by Crippen LogP contribution is -2.26. The molecule has 0 saturated heterocycles. The van der Waals surface area contributed by atoms with Gasteiger partial charge < -0.3 is 5.11 Å². The van der Waals surface area contributed by atoms with Crippen LogP contribution in [0.3, 0.4) is 0 Å². The molecule has 2 aromatic heterocycles. The van der Waals surface area contributed by atoms with Crippen LogP contribution in [0.4, 0.5) is 0 Å². The van der Waals surface area contributed by atoms with Crippen LogP contribution in [0, 0.1) is 6.92 Å². The number of carboxylic acid groups (broad SMARTS) is 1. The fourth-order valence-electron chi connectivity index (χ4n) is 1.58. The number of aryl methyl sites for hydroxylation is 1. The van der Waals surface area contributed by atoms with E-state index in [0.29, 0.717) is 0 Å². The molecule has 0 radical (unpaired) electrons. The smallest absolute Gasteiger partial charge is 0.345 e. The lowest BCUT2D eigenvalue weighted by atomic mass is 10.5. The van der Waals surface area contributed by atoms with Crippen molar-refractivity contribution in [3.63, 3.8) is 0 Å². The van der Waals surface area contributed by atoms with Gasteiger partial charge in [0.15, 0.2) is 0 Å². The average molecular weight is 411 g/mol. The second-order valence-electron chi connectivity index (χ2n) is 4.16. The van der Waals surface area contributed by atoms with Crippen LogP contribution in [0.5, 0.6) is 0 Å². The second-order valence-corrected chi connectivity index (χ2v) is 9.86. The van der Waals surface area contributed by atoms with Crippen LogP contribution in [-0.2, 0) is 16.6 Å². The van der Waals surface area contributed by atoms with Crippen molar-refractivity contribution in [1.29, 1.82) is 0 Å². The maximum absolute atomic E-state index is 12.5. The quantitative estimate of drug-likeness (QED) is 0.818. The van der Waals surface area contributed by atoms with E-state index in [2.05, 4.69) is 20.9 Å². The third kappa shape index (κ3) is 3.51. The summed E-state index contributed by atoms with van der Waals surface area (Å²) in [5.41, 5.74) is 0. The third-order valence-corrected chi connectivity index (χ3v) is 7.54. The van der Waals surface area contributed by atoms with Crippen LogP contribution < -0.4 is 0 Å². The first-order chi connectivity index (χ1) is 9.71. The molecule has 10 heteroatoms. The molecule has 0 spiro atoms. The zero-order valence-corrected chi connectivity index (χ0v) is 15.1. The van der Waals surface area contributed by atoms with E-state index in [1.807, 2.05) is 6.92 Å². The van der Waals surface area contributed by atoms with E-state index in [-0.39, 0.29) is 20.1 Å². The number of hydrogen-bond donors (Lipinski definition) is 1. The van der Waals surface area contributed by atoms with Crippen LogP contribution in [-0.4, -0.2) is 35.8 Å². The molecule has 2 heterocycles. The van der Waals surface area contributed by atoms with E-state index in [1.54, 1.807) is 6.20 Å². The normalized spacial score (nSPS) is 12.0. The van der Waals surface area contributed by atoms with Crippen molar-refractivity contribution in [3.05, 3.63) is 30.8 Å². The number of carbonyl (C=O) groups is 1. The van der Waals surface area contributed by atoms with Crippen LogP contribution in [0.25, 0.3) is 0 Å². The number of carboxylic acids is 1. The van der Waals surface area contributed by atoms with E-state index >= 15 is 0 Å². The molecule has 0 aliphatic carbocycles. The number of halogens is 1. The Balaban J connectivity index is 2.30. The third-order valence-electron chi connectivity index (χ3n) is 2.60. The highest BCUT2D eigenvalue weighted by molar-refractivity contribution is 9.11.